The number of carbonyl (C=O) groups excluding carboxylic acids is 2. The molecule has 7 heteroatoms. The van der Waals surface area contributed by atoms with E-state index in [1.54, 1.807) is 6.07 Å². The molecule has 7 nitrogen and oxygen atoms in total. The zero-order valence-electron chi connectivity index (χ0n) is 19.5. The maximum absolute atomic E-state index is 11.9. The summed E-state index contributed by atoms with van der Waals surface area (Å²) in [5.41, 5.74) is 6.35. The Bertz CT molecular complexity index is 664. The van der Waals surface area contributed by atoms with E-state index in [0.29, 0.717) is 12.2 Å². The second kappa shape index (κ2) is 17.3. The van der Waals surface area contributed by atoms with Crippen molar-refractivity contribution < 1.29 is 29.3 Å². The Hall–Kier alpha value is -2.28. The number of carbonyl (C=O) groups is 2. The van der Waals surface area contributed by atoms with Gasteiger partial charge in [-0.05, 0) is 30.5 Å². The largest absolute Gasteiger partial charge is 0.504 e. The van der Waals surface area contributed by atoms with Gasteiger partial charge in [-0.25, -0.2) is 4.79 Å². The number of phenols is 2. The van der Waals surface area contributed by atoms with E-state index in [9.17, 15) is 19.8 Å². The van der Waals surface area contributed by atoms with Gasteiger partial charge in [0.15, 0.2) is 18.1 Å². The average Bonchev–Trinajstić information content (AvgIpc) is 2.77. The fourth-order valence-electron chi connectivity index (χ4n) is 3.44. The molecular weight excluding hydrogens is 410 g/mol. The topological polar surface area (TPSA) is 119 Å². The molecule has 1 atom stereocenters. The molecule has 182 valence electrons. The normalized spacial score (nSPS) is 11.8. The molecule has 0 saturated carbocycles. The number of aromatic hydroxyl groups is 2. The quantitative estimate of drug-likeness (QED) is 0.167. The van der Waals surface area contributed by atoms with Crippen LogP contribution in [0.25, 0.3) is 0 Å². The fourth-order valence-corrected chi connectivity index (χ4v) is 3.44. The Balaban J connectivity index is 1.99. The lowest BCUT2D eigenvalue weighted by molar-refractivity contribution is -0.159. The van der Waals surface area contributed by atoms with Crippen LogP contribution < -0.4 is 5.73 Å². The van der Waals surface area contributed by atoms with E-state index in [4.69, 9.17) is 15.2 Å². The second-order valence-corrected chi connectivity index (χ2v) is 8.35. The third-order valence-corrected chi connectivity index (χ3v) is 5.39. The van der Waals surface area contributed by atoms with Gasteiger partial charge < -0.3 is 25.4 Å². The predicted molar refractivity (Wildman–Crippen MR) is 124 cm³/mol. The third kappa shape index (κ3) is 13.2. The molecule has 0 fully saturated rings. The van der Waals surface area contributed by atoms with Crippen molar-refractivity contribution in [2.24, 2.45) is 5.73 Å². The minimum Gasteiger partial charge on any atom is -0.504 e. The van der Waals surface area contributed by atoms with Crippen LogP contribution in [0.3, 0.4) is 0 Å². The van der Waals surface area contributed by atoms with Gasteiger partial charge in [0.05, 0.1) is 6.61 Å². The molecule has 0 spiro atoms. The van der Waals surface area contributed by atoms with Gasteiger partial charge >= 0.3 is 11.9 Å². The molecular formula is C25H41NO6. The molecule has 0 heterocycles. The molecule has 1 aromatic carbocycles. The first-order valence-corrected chi connectivity index (χ1v) is 12.0. The summed E-state index contributed by atoms with van der Waals surface area (Å²) >= 11 is 0. The molecule has 1 rings (SSSR count). The Morgan fingerprint density at radius 1 is 0.844 bits per heavy atom. The third-order valence-electron chi connectivity index (χ3n) is 5.39. The molecule has 0 radical (unpaired) electrons. The van der Waals surface area contributed by atoms with Gasteiger partial charge in [0, 0.05) is 0 Å². The van der Waals surface area contributed by atoms with E-state index in [2.05, 4.69) is 6.92 Å². The van der Waals surface area contributed by atoms with Crippen molar-refractivity contribution in [2.75, 3.05) is 13.2 Å². The van der Waals surface area contributed by atoms with Gasteiger partial charge in [0.2, 0.25) is 0 Å². The molecule has 0 saturated heterocycles. The van der Waals surface area contributed by atoms with Crippen LogP contribution in [0, 0.1) is 0 Å². The lowest BCUT2D eigenvalue weighted by atomic mass is 10.1. The number of phenolic OH excluding ortho intramolecular Hbond substituents is 2. The number of rotatable bonds is 18. The number of benzene rings is 1. The first-order valence-electron chi connectivity index (χ1n) is 12.0. The van der Waals surface area contributed by atoms with E-state index < -0.39 is 24.6 Å². The number of ether oxygens (including phenoxy) is 2. The summed E-state index contributed by atoms with van der Waals surface area (Å²) in [7, 11) is 0. The van der Waals surface area contributed by atoms with E-state index in [-0.39, 0.29) is 17.9 Å². The minimum atomic E-state index is -0.983. The van der Waals surface area contributed by atoms with E-state index in [1.165, 1.54) is 69.9 Å². The summed E-state index contributed by atoms with van der Waals surface area (Å²) in [4.78, 5) is 23.6. The van der Waals surface area contributed by atoms with Gasteiger partial charge in [-0.1, -0.05) is 83.6 Å². The molecule has 4 N–H and O–H groups in total. The maximum atomic E-state index is 11.9. The number of hydrogen-bond acceptors (Lipinski definition) is 7. The summed E-state index contributed by atoms with van der Waals surface area (Å²) in [5, 5.41) is 18.8. The van der Waals surface area contributed by atoms with E-state index in [0.717, 1.165) is 19.3 Å². The van der Waals surface area contributed by atoms with E-state index in [1.807, 2.05) is 0 Å². The second-order valence-electron chi connectivity index (χ2n) is 8.35. The molecule has 0 aliphatic rings. The van der Waals surface area contributed by atoms with Crippen LogP contribution in [0.5, 0.6) is 11.5 Å². The van der Waals surface area contributed by atoms with Crippen LogP contribution in [-0.2, 0) is 25.5 Å². The van der Waals surface area contributed by atoms with Crippen LogP contribution in [0.2, 0.25) is 0 Å². The van der Waals surface area contributed by atoms with Gasteiger partial charge in [0.1, 0.15) is 6.04 Å². The highest BCUT2D eigenvalue weighted by Gasteiger charge is 2.18. The first-order chi connectivity index (χ1) is 15.4. The SMILES string of the molecule is CCCCCCCCCCCCCCOC(=O)COC(=O)C(N)Cc1ccc(O)c(O)c1. The molecule has 0 aliphatic heterocycles. The molecule has 0 bridgehead atoms. The summed E-state index contributed by atoms with van der Waals surface area (Å²) in [6.45, 7) is 2.10. The first kappa shape index (κ1) is 27.8. The lowest BCUT2D eigenvalue weighted by Crippen LogP contribution is -2.35. The van der Waals surface area contributed by atoms with E-state index >= 15 is 0 Å². The highest BCUT2D eigenvalue weighted by atomic mass is 16.6. The van der Waals surface area contributed by atoms with Crippen LogP contribution in [0.4, 0.5) is 0 Å². The number of nitrogens with two attached hydrogens (primary N) is 1. The van der Waals surface area contributed by atoms with Crippen LogP contribution in [-0.4, -0.2) is 41.4 Å². The average molecular weight is 452 g/mol. The molecule has 0 aromatic heterocycles. The lowest BCUT2D eigenvalue weighted by Gasteiger charge is -2.12. The minimum absolute atomic E-state index is 0.112. The van der Waals surface area contributed by atoms with Crippen LogP contribution >= 0.6 is 0 Å². The van der Waals surface area contributed by atoms with Crippen molar-refractivity contribution >= 4 is 11.9 Å². The van der Waals surface area contributed by atoms with Crippen molar-refractivity contribution in [3.63, 3.8) is 0 Å². The molecule has 0 amide bonds. The smallest absolute Gasteiger partial charge is 0.344 e. The maximum Gasteiger partial charge on any atom is 0.344 e. The number of unbranched alkanes of at least 4 members (excludes halogenated alkanes) is 11. The molecule has 32 heavy (non-hydrogen) atoms. The van der Waals surface area contributed by atoms with Gasteiger partial charge in [0.25, 0.3) is 0 Å². The highest BCUT2D eigenvalue weighted by molar-refractivity contribution is 5.79. The highest BCUT2D eigenvalue weighted by Crippen LogP contribution is 2.25. The van der Waals surface area contributed by atoms with Crippen molar-refractivity contribution in [1.29, 1.82) is 0 Å². The Morgan fingerprint density at radius 3 is 1.97 bits per heavy atom. The Kier molecular flexibility index (Phi) is 15.0. The fraction of sp³-hybridized carbons (Fsp3) is 0.680. The number of esters is 2. The predicted octanol–water partition coefficient (Wildman–Crippen LogP) is 4.76. The summed E-state index contributed by atoms with van der Waals surface area (Å²) in [5.74, 6) is -1.85. The van der Waals surface area contributed by atoms with Crippen LogP contribution in [0.1, 0.15) is 89.5 Å². The molecule has 1 aromatic rings. The van der Waals surface area contributed by atoms with Crippen molar-refractivity contribution in [1.82, 2.24) is 0 Å². The Morgan fingerprint density at radius 2 is 1.41 bits per heavy atom. The summed E-state index contributed by atoms with van der Waals surface area (Å²) in [6.07, 6.45) is 15.0. The summed E-state index contributed by atoms with van der Waals surface area (Å²) < 4.78 is 10.00. The monoisotopic (exact) mass is 451 g/mol. The zero-order valence-corrected chi connectivity index (χ0v) is 19.5. The Labute approximate surface area is 192 Å². The summed E-state index contributed by atoms with van der Waals surface area (Å²) in [6, 6.07) is 3.20. The van der Waals surface area contributed by atoms with Gasteiger partial charge in [-0.15, -0.1) is 0 Å². The van der Waals surface area contributed by atoms with Crippen molar-refractivity contribution in [3.8, 4) is 11.5 Å². The van der Waals surface area contributed by atoms with Gasteiger partial charge in [-0.2, -0.15) is 0 Å². The standard InChI is InChI=1S/C25H41NO6/c1-2-3-4-5-6-7-8-9-10-11-12-13-16-31-24(29)19-32-25(30)21(26)17-20-14-15-22(27)23(28)18-20/h14-15,18,21,27-28H,2-13,16-17,19,26H2,1H3. The van der Waals surface area contributed by atoms with Gasteiger partial charge in [-0.3, -0.25) is 4.79 Å². The molecule has 1 unspecified atom stereocenters. The number of hydrogen-bond donors (Lipinski definition) is 3. The zero-order chi connectivity index (χ0) is 23.6. The van der Waals surface area contributed by atoms with Crippen molar-refractivity contribution in [2.45, 2.75) is 96.4 Å². The van der Waals surface area contributed by atoms with Crippen molar-refractivity contribution in [3.05, 3.63) is 23.8 Å². The molecule has 0 aliphatic carbocycles. The van der Waals surface area contributed by atoms with Crippen LogP contribution in [0.15, 0.2) is 18.2 Å².